The molecule has 124 valence electrons. The van der Waals surface area contributed by atoms with E-state index in [1.807, 2.05) is 0 Å². The van der Waals surface area contributed by atoms with Crippen LogP contribution in [0.4, 0.5) is 4.79 Å². The van der Waals surface area contributed by atoms with Crippen LogP contribution in [-0.4, -0.2) is 54.1 Å². The van der Waals surface area contributed by atoms with Crippen LogP contribution in [0.2, 0.25) is 0 Å². The van der Waals surface area contributed by atoms with Gasteiger partial charge in [-0.05, 0) is 56.9 Å². The van der Waals surface area contributed by atoms with Crippen LogP contribution in [0.1, 0.15) is 64.2 Å². The van der Waals surface area contributed by atoms with Crippen LogP contribution >= 0.6 is 0 Å². The fraction of sp³-hybridized carbons (Fsp3) is 0.944. The van der Waals surface area contributed by atoms with Gasteiger partial charge in [0.25, 0.3) is 0 Å². The van der Waals surface area contributed by atoms with Crippen molar-refractivity contribution < 1.29 is 4.79 Å². The lowest BCUT2D eigenvalue weighted by molar-refractivity contribution is 0.168. The molecule has 22 heavy (non-hydrogen) atoms. The summed E-state index contributed by atoms with van der Waals surface area (Å²) in [6.45, 7) is 4.32. The van der Waals surface area contributed by atoms with Crippen molar-refractivity contribution in [3.05, 3.63) is 0 Å². The number of carbonyl (C=O) groups is 1. The predicted octanol–water partition coefficient (Wildman–Crippen LogP) is 2.98. The largest absolute Gasteiger partial charge is 0.335 e. The minimum absolute atomic E-state index is 0.229. The second-order valence-corrected chi connectivity index (χ2v) is 8.10. The van der Waals surface area contributed by atoms with Gasteiger partial charge in [0.15, 0.2) is 0 Å². The van der Waals surface area contributed by atoms with Crippen LogP contribution in [0.5, 0.6) is 0 Å². The second-order valence-electron chi connectivity index (χ2n) is 8.10. The maximum atomic E-state index is 12.8. The smallest absolute Gasteiger partial charge is 0.317 e. The zero-order valence-corrected chi connectivity index (χ0v) is 13.9. The quantitative estimate of drug-likeness (QED) is 0.808. The molecule has 4 heteroatoms. The molecule has 4 nitrogen and oxygen atoms in total. The summed E-state index contributed by atoms with van der Waals surface area (Å²) in [4.78, 5) is 17.6. The van der Waals surface area contributed by atoms with Gasteiger partial charge >= 0.3 is 6.03 Å². The molecule has 4 rings (SSSR count). The molecule has 1 spiro atoms. The SMILES string of the molecule is O=C(NC1CCCC12CCCC2)N1CCCN2CCCC2C1. The van der Waals surface area contributed by atoms with Gasteiger partial charge in [0.1, 0.15) is 0 Å². The summed E-state index contributed by atoms with van der Waals surface area (Å²) < 4.78 is 0. The zero-order valence-electron chi connectivity index (χ0n) is 13.9. The van der Waals surface area contributed by atoms with Gasteiger partial charge in [-0.15, -0.1) is 0 Å². The molecule has 2 saturated carbocycles. The molecular formula is C18H31N3O. The molecular weight excluding hydrogens is 274 g/mol. The average Bonchev–Trinajstić information content (AvgIpc) is 3.22. The number of hydrogen-bond donors (Lipinski definition) is 1. The number of rotatable bonds is 1. The molecule has 2 aliphatic carbocycles. The lowest BCUT2D eigenvalue weighted by atomic mass is 9.81. The van der Waals surface area contributed by atoms with Crippen LogP contribution in [0.3, 0.4) is 0 Å². The number of fused-ring (bicyclic) bond motifs is 1. The van der Waals surface area contributed by atoms with Gasteiger partial charge in [0, 0.05) is 31.7 Å². The third kappa shape index (κ3) is 2.64. The Bertz CT molecular complexity index is 413. The fourth-order valence-electron chi connectivity index (χ4n) is 5.67. The van der Waals surface area contributed by atoms with Gasteiger partial charge < -0.3 is 10.2 Å². The van der Waals surface area contributed by atoms with E-state index >= 15 is 0 Å². The second kappa shape index (κ2) is 6.03. The Morgan fingerprint density at radius 3 is 2.55 bits per heavy atom. The van der Waals surface area contributed by atoms with Crippen LogP contribution in [0.25, 0.3) is 0 Å². The maximum Gasteiger partial charge on any atom is 0.317 e. The van der Waals surface area contributed by atoms with Crippen molar-refractivity contribution in [2.24, 2.45) is 5.41 Å². The normalized spacial score (nSPS) is 34.8. The van der Waals surface area contributed by atoms with Gasteiger partial charge in [-0.3, -0.25) is 4.90 Å². The van der Waals surface area contributed by atoms with E-state index in [-0.39, 0.29) is 6.03 Å². The molecule has 2 unspecified atom stereocenters. The van der Waals surface area contributed by atoms with Crippen molar-refractivity contribution in [3.8, 4) is 0 Å². The highest BCUT2D eigenvalue weighted by Crippen LogP contribution is 2.50. The van der Waals surface area contributed by atoms with E-state index < -0.39 is 0 Å². The lowest BCUT2D eigenvalue weighted by Crippen LogP contribution is -2.51. The highest BCUT2D eigenvalue weighted by molar-refractivity contribution is 5.74. The Balaban J connectivity index is 1.39. The summed E-state index contributed by atoms with van der Waals surface area (Å²) in [7, 11) is 0. The molecule has 0 aromatic heterocycles. The molecule has 0 bridgehead atoms. The third-order valence-electron chi connectivity index (χ3n) is 6.89. The van der Waals surface area contributed by atoms with Crippen molar-refractivity contribution in [2.75, 3.05) is 26.2 Å². The summed E-state index contributed by atoms with van der Waals surface area (Å²) >= 11 is 0. The van der Waals surface area contributed by atoms with Gasteiger partial charge in [-0.25, -0.2) is 4.79 Å². The molecule has 0 aromatic rings. The van der Waals surface area contributed by atoms with E-state index in [1.54, 1.807) is 0 Å². The first kappa shape index (κ1) is 14.8. The van der Waals surface area contributed by atoms with E-state index in [0.29, 0.717) is 17.5 Å². The minimum Gasteiger partial charge on any atom is -0.335 e. The van der Waals surface area contributed by atoms with Crippen molar-refractivity contribution in [3.63, 3.8) is 0 Å². The van der Waals surface area contributed by atoms with Crippen LogP contribution < -0.4 is 5.32 Å². The summed E-state index contributed by atoms with van der Waals surface area (Å²) in [5.74, 6) is 0. The first-order valence-electron chi connectivity index (χ1n) is 9.56. The molecule has 2 heterocycles. The summed E-state index contributed by atoms with van der Waals surface area (Å²) in [6.07, 6.45) is 13.0. The van der Waals surface area contributed by atoms with Crippen molar-refractivity contribution >= 4 is 6.03 Å². The Hall–Kier alpha value is -0.770. The summed E-state index contributed by atoms with van der Waals surface area (Å²) in [5.41, 5.74) is 0.459. The number of hydrogen-bond acceptors (Lipinski definition) is 2. The van der Waals surface area contributed by atoms with Crippen LogP contribution in [0.15, 0.2) is 0 Å². The topological polar surface area (TPSA) is 35.6 Å². The van der Waals surface area contributed by atoms with Crippen molar-refractivity contribution in [2.45, 2.75) is 76.3 Å². The maximum absolute atomic E-state index is 12.8. The third-order valence-corrected chi connectivity index (χ3v) is 6.89. The molecule has 4 aliphatic rings. The van der Waals surface area contributed by atoms with Gasteiger partial charge in [0.05, 0.1) is 0 Å². The fourth-order valence-corrected chi connectivity index (χ4v) is 5.67. The Morgan fingerprint density at radius 1 is 0.909 bits per heavy atom. The molecule has 2 saturated heterocycles. The zero-order chi connectivity index (χ0) is 15.0. The average molecular weight is 305 g/mol. The van der Waals surface area contributed by atoms with E-state index in [1.165, 1.54) is 70.9 Å². The van der Waals surface area contributed by atoms with Crippen LogP contribution in [0, 0.1) is 5.41 Å². The lowest BCUT2D eigenvalue weighted by Gasteiger charge is -2.34. The van der Waals surface area contributed by atoms with E-state index in [2.05, 4.69) is 15.1 Å². The van der Waals surface area contributed by atoms with Gasteiger partial charge in [0.2, 0.25) is 0 Å². The number of nitrogens with zero attached hydrogens (tertiary/aromatic N) is 2. The molecule has 1 N–H and O–H groups in total. The summed E-state index contributed by atoms with van der Waals surface area (Å²) in [5, 5.41) is 3.46. The standard InChI is InChI=1S/C18H31N3O/c22-17(19-16-7-3-10-18(16)8-1-2-9-18)21-13-5-12-20-11-4-6-15(20)14-21/h15-16H,1-14H2,(H,19,22). The monoisotopic (exact) mass is 305 g/mol. The van der Waals surface area contributed by atoms with Gasteiger partial charge in [-0.2, -0.15) is 0 Å². The molecule has 2 aliphatic heterocycles. The molecule has 0 aromatic carbocycles. The number of nitrogens with one attached hydrogen (secondary N) is 1. The molecule has 2 atom stereocenters. The molecule has 2 amide bonds. The predicted molar refractivity (Wildman–Crippen MR) is 87.9 cm³/mol. The summed E-state index contributed by atoms with van der Waals surface area (Å²) in [6, 6.07) is 1.30. The van der Waals surface area contributed by atoms with Crippen molar-refractivity contribution in [1.29, 1.82) is 0 Å². The highest BCUT2D eigenvalue weighted by Gasteiger charge is 2.45. The number of urea groups is 1. The first-order chi connectivity index (χ1) is 10.8. The van der Waals surface area contributed by atoms with E-state index in [0.717, 1.165) is 19.5 Å². The Labute approximate surface area is 134 Å². The Kier molecular flexibility index (Phi) is 4.05. The minimum atomic E-state index is 0.229. The molecule has 4 fully saturated rings. The van der Waals surface area contributed by atoms with Crippen LogP contribution in [-0.2, 0) is 0 Å². The number of carbonyl (C=O) groups excluding carboxylic acids is 1. The highest BCUT2D eigenvalue weighted by atomic mass is 16.2. The van der Waals surface area contributed by atoms with E-state index in [4.69, 9.17) is 0 Å². The first-order valence-corrected chi connectivity index (χ1v) is 9.56. The van der Waals surface area contributed by atoms with Gasteiger partial charge in [-0.1, -0.05) is 19.3 Å². The Morgan fingerprint density at radius 2 is 1.68 bits per heavy atom. The molecule has 0 radical (unpaired) electrons. The number of amides is 2. The van der Waals surface area contributed by atoms with E-state index in [9.17, 15) is 4.79 Å². The van der Waals surface area contributed by atoms with Crippen molar-refractivity contribution in [1.82, 2.24) is 15.1 Å².